The molecule has 35 heavy (non-hydrogen) atoms. The van der Waals surface area contributed by atoms with E-state index in [1.165, 1.54) is 24.1 Å². The lowest BCUT2D eigenvalue weighted by molar-refractivity contribution is 0.103. The number of nitrogens with zero attached hydrogens (tertiary/aromatic N) is 2. The third kappa shape index (κ3) is 6.71. The second-order valence-corrected chi connectivity index (χ2v) is 10.9. The highest BCUT2D eigenvalue weighted by Gasteiger charge is 2.25. The molecule has 0 amide bonds. The molecule has 0 aliphatic rings. The molecule has 0 N–H and O–H groups in total. The van der Waals surface area contributed by atoms with Crippen molar-refractivity contribution in [3.63, 3.8) is 0 Å². The van der Waals surface area contributed by atoms with Crippen molar-refractivity contribution in [3.05, 3.63) is 120 Å². The maximum Gasteiger partial charge on any atom is 0.194 e. The van der Waals surface area contributed by atoms with Crippen molar-refractivity contribution in [2.45, 2.75) is 17.9 Å². The molecule has 4 aromatic rings. The molecule has 2 aromatic heterocycles. The van der Waals surface area contributed by atoms with Crippen molar-refractivity contribution in [2.75, 3.05) is 0 Å². The van der Waals surface area contributed by atoms with Gasteiger partial charge in [-0.05, 0) is 86.6 Å². The van der Waals surface area contributed by atoms with E-state index in [1.807, 2.05) is 13.8 Å². The Morgan fingerprint density at radius 3 is 1.37 bits per heavy atom. The molecule has 0 aliphatic heterocycles. The normalized spacial score (nSPS) is 11.0. The fraction of sp³-hybridized carbons (Fsp3) is 0.111. The maximum absolute atomic E-state index is 12.5. The van der Waals surface area contributed by atoms with Crippen LogP contribution in [0.3, 0.4) is 0 Å². The summed E-state index contributed by atoms with van der Waals surface area (Å²) in [5.41, 5.74) is 2.22. The van der Waals surface area contributed by atoms with E-state index in [4.69, 9.17) is 8.37 Å². The van der Waals surface area contributed by atoms with Gasteiger partial charge in [0.1, 0.15) is 15.6 Å². The SMILES string of the molecule is CC(C)(SOc1ccc(C(=O)c2cccnc2)cc1)SOc1ccc(C(=O)c2cccnc2)cc1. The van der Waals surface area contributed by atoms with Gasteiger partial charge in [-0.15, -0.1) is 0 Å². The molecule has 8 heteroatoms. The molecule has 0 aliphatic carbocycles. The second-order valence-electron chi connectivity index (χ2n) is 7.92. The third-order valence-corrected chi connectivity index (χ3v) is 6.52. The lowest BCUT2D eigenvalue weighted by Crippen LogP contribution is -2.12. The minimum absolute atomic E-state index is 0.0882. The van der Waals surface area contributed by atoms with Gasteiger partial charge in [0.05, 0.1) is 24.1 Å². The molecule has 4 rings (SSSR count). The van der Waals surface area contributed by atoms with Gasteiger partial charge in [0, 0.05) is 47.0 Å². The molecule has 0 fully saturated rings. The van der Waals surface area contributed by atoms with Crippen LogP contribution in [0.1, 0.15) is 45.7 Å². The summed E-state index contributed by atoms with van der Waals surface area (Å²) in [6.07, 6.45) is 6.37. The molecule has 0 radical (unpaired) electrons. The van der Waals surface area contributed by atoms with Crippen LogP contribution in [0, 0.1) is 0 Å². The summed E-state index contributed by atoms with van der Waals surface area (Å²) in [6, 6.07) is 20.9. The summed E-state index contributed by atoms with van der Waals surface area (Å²) < 4.78 is 11.2. The Hall–Kier alpha value is -3.62. The highest BCUT2D eigenvalue weighted by atomic mass is 32.2. The molecule has 0 atom stereocenters. The molecule has 2 heterocycles. The smallest absolute Gasteiger partial charge is 0.194 e. The molecule has 0 saturated carbocycles. The van der Waals surface area contributed by atoms with Crippen LogP contribution in [0.25, 0.3) is 0 Å². The summed E-state index contributed by atoms with van der Waals surface area (Å²) in [6.45, 7) is 3.95. The van der Waals surface area contributed by atoms with Crippen LogP contribution in [0.5, 0.6) is 11.5 Å². The standard InChI is InChI=1S/C27H22N2O4S2/c1-27(2,34-32-23-11-7-19(8-12-23)25(30)21-5-3-15-28-17-21)35-33-24-13-9-20(10-14-24)26(31)22-6-4-16-29-18-22/h3-18H,1-2H3. The number of hydrogen-bond acceptors (Lipinski definition) is 8. The Bertz CT molecular complexity index is 1180. The molecular formula is C27H22N2O4S2. The zero-order valence-corrected chi connectivity index (χ0v) is 20.7. The zero-order valence-electron chi connectivity index (χ0n) is 19.1. The maximum atomic E-state index is 12.5. The third-order valence-electron chi connectivity index (χ3n) is 4.76. The van der Waals surface area contributed by atoms with Crippen LogP contribution in [-0.2, 0) is 0 Å². The first-order chi connectivity index (χ1) is 16.9. The summed E-state index contributed by atoms with van der Waals surface area (Å²) in [7, 11) is 0. The average Bonchev–Trinajstić information content (AvgIpc) is 2.92. The van der Waals surface area contributed by atoms with Gasteiger partial charge in [-0.3, -0.25) is 19.6 Å². The first kappa shape index (κ1) is 24.5. The number of pyridine rings is 2. The Morgan fingerprint density at radius 2 is 1.03 bits per heavy atom. The van der Waals surface area contributed by atoms with E-state index in [1.54, 1.807) is 97.6 Å². The minimum atomic E-state index is -0.436. The average molecular weight is 503 g/mol. The van der Waals surface area contributed by atoms with Crippen molar-refractivity contribution in [3.8, 4) is 11.5 Å². The summed E-state index contributed by atoms with van der Waals surface area (Å²) >= 11 is 2.50. The molecule has 0 unspecified atom stereocenters. The van der Waals surface area contributed by atoms with Crippen molar-refractivity contribution in [1.82, 2.24) is 9.97 Å². The number of rotatable bonds is 10. The van der Waals surface area contributed by atoms with Gasteiger partial charge < -0.3 is 8.37 Å². The number of aromatic nitrogens is 2. The van der Waals surface area contributed by atoms with E-state index in [0.29, 0.717) is 33.8 Å². The van der Waals surface area contributed by atoms with Gasteiger partial charge >= 0.3 is 0 Å². The molecule has 0 bridgehead atoms. The van der Waals surface area contributed by atoms with Crippen LogP contribution >= 0.6 is 24.1 Å². The predicted octanol–water partition coefficient (Wildman–Crippen LogP) is 6.43. The van der Waals surface area contributed by atoms with Crippen LogP contribution < -0.4 is 8.37 Å². The quantitative estimate of drug-likeness (QED) is 0.139. The van der Waals surface area contributed by atoms with Crippen molar-refractivity contribution in [1.29, 1.82) is 0 Å². The van der Waals surface area contributed by atoms with E-state index >= 15 is 0 Å². The number of carbonyl (C=O) groups excluding carboxylic acids is 2. The van der Waals surface area contributed by atoms with Gasteiger partial charge in [0.15, 0.2) is 11.6 Å². The number of ketones is 2. The van der Waals surface area contributed by atoms with Gasteiger partial charge in [0.2, 0.25) is 0 Å². The van der Waals surface area contributed by atoms with Crippen molar-refractivity contribution < 1.29 is 18.0 Å². The molecule has 2 aromatic carbocycles. The van der Waals surface area contributed by atoms with E-state index in [-0.39, 0.29) is 11.6 Å². The highest BCUT2D eigenvalue weighted by molar-refractivity contribution is 8.14. The Morgan fingerprint density at radius 1 is 0.629 bits per heavy atom. The minimum Gasteiger partial charge on any atom is -0.424 e. The molecule has 0 saturated heterocycles. The van der Waals surface area contributed by atoms with Crippen LogP contribution in [-0.4, -0.2) is 25.6 Å². The van der Waals surface area contributed by atoms with Gasteiger partial charge in [-0.2, -0.15) is 0 Å². The highest BCUT2D eigenvalue weighted by Crippen LogP contribution is 2.39. The van der Waals surface area contributed by atoms with E-state index < -0.39 is 4.08 Å². The Labute approximate surface area is 212 Å². The van der Waals surface area contributed by atoms with Crippen LogP contribution in [0.4, 0.5) is 0 Å². The molecule has 6 nitrogen and oxygen atoms in total. The first-order valence-corrected chi connectivity index (χ1v) is 12.2. The van der Waals surface area contributed by atoms with E-state index in [0.717, 1.165) is 0 Å². The first-order valence-electron chi connectivity index (χ1n) is 10.7. The summed E-state index contributed by atoms with van der Waals surface area (Å²) in [5, 5.41) is 0. The van der Waals surface area contributed by atoms with E-state index in [9.17, 15) is 9.59 Å². The second kappa shape index (κ2) is 11.2. The van der Waals surface area contributed by atoms with Crippen LogP contribution in [0.2, 0.25) is 0 Å². The topological polar surface area (TPSA) is 78.4 Å². The fourth-order valence-electron chi connectivity index (χ4n) is 2.96. The van der Waals surface area contributed by atoms with Gasteiger partial charge in [-0.1, -0.05) is 0 Å². The predicted molar refractivity (Wildman–Crippen MR) is 139 cm³/mol. The zero-order chi connectivity index (χ0) is 24.7. The largest absolute Gasteiger partial charge is 0.424 e. The van der Waals surface area contributed by atoms with Crippen LogP contribution in [0.15, 0.2) is 97.6 Å². The van der Waals surface area contributed by atoms with Crippen molar-refractivity contribution >= 4 is 35.7 Å². The summed E-state index contributed by atoms with van der Waals surface area (Å²) in [5.74, 6) is 1.08. The Kier molecular flexibility index (Phi) is 7.84. The molecule has 176 valence electrons. The molecule has 0 spiro atoms. The summed E-state index contributed by atoms with van der Waals surface area (Å²) in [4.78, 5) is 33.0. The van der Waals surface area contributed by atoms with Crippen molar-refractivity contribution in [2.24, 2.45) is 0 Å². The Balaban J connectivity index is 1.28. The van der Waals surface area contributed by atoms with Gasteiger partial charge in [-0.25, -0.2) is 0 Å². The lowest BCUT2D eigenvalue weighted by Gasteiger charge is -2.21. The monoisotopic (exact) mass is 502 g/mol. The molecular weight excluding hydrogens is 480 g/mol. The number of benzene rings is 2. The fourth-order valence-corrected chi connectivity index (χ4v) is 4.09. The van der Waals surface area contributed by atoms with E-state index in [2.05, 4.69) is 9.97 Å². The number of hydrogen-bond donors (Lipinski definition) is 0. The number of carbonyl (C=O) groups is 2. The lowest BCUT2D eigenvalue weighted by atomic mass is 10.1. The van der Waals surface area contributed by atoms with Gasteiger partial charge in [0.25, 0.3) is 0 Å².